The third-order valence-corrected chi connectivity index (χ3v) is 5.43. The molecule has 1 unspecified atom stereocenters. The summed E-state index contributed by atoms with van der Waals surface area (Å²) >= 11 is 1.75. The molecule has 1 N–H and O–H groups in total. The van der Waals surface area contributed by atoms with Crippen LogP contribution in [0.5, 0.6) is 0 Å². The maximum Gasteiger partial charge on any atom is 0.193 e. The van der Waals surface area contributed by atoms with Crippen LogP contribution in [0.25, 0.3) is 0 Å². The highest BCUT2D eigenvalue weighted by molar-refractivity contribution is 14.0. The Labute approximate surface area is 185 Å². The van der Waals surface area contributed by atoms with Gasteiger partial charge < -0.3 is 19.7 Å². The fraction of sp³-hybridized carbons (Fsp3) is 0.789. The Morgan fingerprint density at radius 3 is 2.81 bits per heavy atom. The number of methoxy groups -OCH3 is 1. The summed E-state index contributed by atoms with van der Waals surface area (Å²) in [6.45, 7) is 11.6. The number of nitrogens with one attached hydrogen (secondary N) is 1. The van der Waals surface area contributed by atoms with Crippen molar-refractivity contribution < 1.29 is 9.47 Å². The van der Waals surface area contributed by atoms with Gasteiger partial charge in [-0.2, -0.15) is 0 Å². The summed E-state index contributed by atoms with van der Waals surface area (Å²) < 4.78 is 10.7. The van der Waals surface area contributed by atoms with Crippen molar-refractivity contribution in [2.75, 3.05) is 53.6 Å². The van der Waals surface area contributed by atoms with Crippen LogP contribution in [0.3, 0.4) is 0 Å². The summed E-state index contributed by atoms with van der Waals surface area (Å²) in [4.78, 5) is 11.5. The minimum Gasteiger partial charge on any atom is -0.382 e. The number of rotatable bonds is 8. The molecule has 1 saturated heterocycles. The van der Waals surface area contributed by atoms with E-state index in [1.165, 1.54) is 10.7 Å². The van der Waals surface area contributed by atoms with Crippen LogP contribution < -0.4 is 5.32 Å². The summed E-state index contributed by atoms with van der Waals surface area (Å²) in [5.41, 5.74) is 1.30. The van der Waals surface area contributed by atoms with E-state index in [1.54, 1.807) is 18.4 Å². The van der Waals surface area contributed by atoms with Crippen molar-refractivity contribution in [2.24, 2.45) is 10.9 Å². The van der Waals surface area contributed by atoms with Gasteiger partial charge in [-0.1, -0.05) is 20.8 Å². The molecule has 156 valence electrons. The van der Waals surface area contributed by atoms with Crippen LogP contribution >= 0.6 is 35.3 Å². The highest BCUT2D eigenvalue weighted by atomic mass is 127. The lowest BCUT2D eigenvalue weighted by molar-refractivity contribution is 0.0536. The van der Waals surface area contributed by atoms with Crippen LogP contribution in [0, 0.1) is 5.92 Å². The molecule has 0 amide bonds. The summed E-state index contributed by atoms with van der Waals surface area (Å²) in [5, 5.41) is 6.85. The maximum atomic E-state index is 5.67. The van der Waals surface area contributed by atoms with Gasteiger partial charge in [0.15, 0.2) is 5.96 Å². The number of nitrogens with zero attached hydrogens (tertiary/aromatic N) is 3. The first-order valence-electron chi connectivity index (χ1n) is 9.41. The van der Waals surface area contributed by atoms with Gasteiger partial charge in [-0.15, -0.1) is 35.3 Å². The SMILES string of the molecule is CN=C(NCCc1nc(C(C)(C)C)cs1)N1CCC(COCCOC)C1.I. The van der Waals surface area contributed by atoms with Crippen molar-refractivity contribution in [3.8, 4) is 0 Å². The Hall–Kier alpha value is -0.450. The molecule has 1 aliphatic rings. The molecule has 0 aromatic carbocycles. The first-order chi connectivity index (χ1) is 12.4. The summed E-state index contributed by atoms with van der Waals surface area (Å²) in [6, 6.07) is 0. The number of likely N-dealkylation sites (tertiary alicyclic amines) is 1. The van der Waals surface area contributed by atoms with Crippen molar-refractivity contribution in [3.05, 3.63) is 16.1 Å². The molecule has 1 aromatic rings. The number of ether oxygens (including phenoxy) is 2. The second kappa shape index (κ2) is 12.2. The summed E-state index contributed by atoms with van der Waals surface area (Å²) in [5.74, 6) is 1.55. The minimum atomic E-state index is 0. The van der Waals surface area contributed by atoms with Crippen LogP contribution in [0.2, 0.25) is 0 Å². The molecule has 2 rings (SSSR count). The van der Waals surface area contributed by atoms with Gasteiger partial charge in [0.25, 0.3) is 0 Å². The second-order valence-electron chi connectivity index (χ2n) is 7.77. The number of aliphatic imine (C=N–C) groups is 1. The molecule has 27 heavy (non-hydrogen) atoms. The number of hydrogen-bond donors (Lipinski definition) is 1. The van der Waals surface area contributed by atoms with Crippen LogP contribution in [-0.2, 0) is 21.3 Å². The molecule has 2 heterocycles. The van der Waals surface area contributed by atoms with Gasteiger partial charge in [0.1, 0.15) is 0 Å². The van der Waals surface area contributed by atoms with E-state index in [4.69, 9.17) is 14.5 Å². The third-order valence-electron chi connectivity index (χ3n) is 4.52. The quantitative estimate of drug-likeness (QED) is 0.252. The number of thiazole rings is 1. The van der Waals surface area contributed by atoms with Gasteiger partial charge in [-0.3, -0.25) is 4.99 Å². The molecule has 1 aromatic heterocycles. The lowest BCUT2D eigenvalue weighted by Crippen LogP contribution is -2.41. The van der Waals surface area contributed by atoms with Crippen molar-refractivity contribution in [3.63, 3.8) is 0 Å². The molecule has 0 aliphatic carbocycles. The molecular formula is C19H35IN4O2S. The van der Waals surface area contributed by atoms with Crippen LogP contribution in [0.4, 0.5) is 0 Å². The second-order valence-corrected chi connectivity index (χ2v) is 8.71. The zero-order valence-electron chi connectivity index (χ0n) is 17.3. The average Bonchev–Trinajstić information content (AvgIpc) is 3.25. The number of guanidine groups is 1. The summed E-state index contributed by atoms with van der Waals surface area (Å²) in [6.07, 6.45) is 2.08. The zero-order chi connectivity index (χ0) is 19.0. The van der Waals surface area contributed by atoms with E-state index in [-0.39, 0.29) is 29.4 Å². The van der Waals surface area contributed by atoms with Gasteiger partial charge in [0.05, 0.1) is 30.5 Å². The van der Waals surface area contributed by atoms with E-state index in [1.807, 2.05) is 7.05 Å². The molecule has 1 aliphatic heterocycles. The number of hydrogen-bond acceptors (Lipinski definition) is 5. The Kier molecular flexibility index (Phi) is 11.1. The molecule has 0 radical (unpaired) electrons. The van der Waals surface area contributed by atoms with E-state index in [0.717, 1.165) is 45.0 Å². The molecule has 1 atom stereocenters. The van der Waals surface area contributed by atoms with Gasteiger partial charge in [-0.05, 0) is 6.42 Å². The van der Waals surface area contributed by atoms with Crippen LogP contribution in [-0.4, -0.2) is 69.5 Å². The van der Waals surface area contributed by atoms with Crippen molar-refractivity contribution in [1.29, 1.82) is 0 Å². The maximum absolute atomic E-state index is 5.67. The van der Waals surface area contributed by atoms with E-state index < -0.39 is 0 Å². The fourth-order valence-corrected chi connectivity index (χ4v) is 3.96. The van der Waals surface area contributed by atoms with Crippen LogP contribution in [0.15, 0.2) is 10.4 Å². The van der Waals surface area contributed by atoms with Crippen molar-refractivity contribution >= 4 is 41.3 Å². The highest BCUT2D eigenvalue weighted by Gasteiger charge is 2.25. The monoisotopic (exact) mass is 510 g/mol. The molecule has 0 spiro atoms. The molecular weight excluding hydrogens is 475 g/mol. The standard InChI is InChI=1S/C19H34N4O2S.HI/c1-19(2,3)16-14-26-17(22-16)6-8-21-18(20-4)23-9-7-15(12-23)13-25-11-10-24-5;/h14-15H,6-13H2,1-5H3,(H,20,21);1H. The largest absolute Gasteiger partial charge is 0.382 e. The van der Waals surface area contributed by atoms with Crippen molar-refractivity contribution in [2.45, 2.75) is 39.0 Å². The molecule has 0 bridgehead atoms. The van der Waals surface area contributed by atoms with E-state index >= 15 is 0 Å². The Bertz CT molecular complexity index is 574. The van der Waals surface area contributed by atoms with Crippen LogP contribution in [0.1, 0.15) is 37.9 Å². The van der Waals surface area contributed by atoms with E-state index in [9.17, 15) is 0 Å². The lowest BCUT2D eigenvalue weighted by atomic mass is 9.93. The normalized spacial score (nSPS) is 17.9. The third kappa shape index (κ3) is 8.21. The van der Waals surface area contributed by atoms with Gasteiger partial charge in [0.2, 0.25) is 0 Å². The minimum absolute atomic E-state index is 0. The first kappa shape index (κ1) is 24.6. The predicted octanol–water partition coefficient (Wildman–Crippen LogP) is 3.16. The molecule has 8 heteroatoms. The van der Waals surface area contributed by atoms with Gasteiger partial charge >= 0.3 is 0 Å². The highest BCUT2D eigenvalue weighted by Crippen LogP contribution is 2.24. The Morgan fingerprint density at radius 2 is 2.19 bits per heavy atom. The molecule has 0 saturated carbocycles. The van der Waals surface area contributed by atoms with Crippen molar-refractivity contribution in [1.82, 2.24) is 15.2 Å². The smallest absolute Gasteiger partial charge is 0.193 e. The Morgan fingerprint density at radius 1 is 1.41 bits per heavy atom. The molecule has 6 nitrogen and oxygen atoms in total. The van der Waals surface area contributed by atoms with E-state index in [2.05, 4.69) is 41.4 Å². The Balaban J connectivity index is 0.00000364. The fourth-order valence-electron chi connectivity index (χ4n) is 2.94. The van der Waals surface area contributed by atoms with E-state index in [0.29, 0.717) is 19.1 Å². The number of aromatic nitrogens is 1. The zero-order valence-corrected chi connectivity index (χ0v) is 20.4. The lowest BCUT2D eigenvalue weighted by Gasteiger charge is -2.21. The van der Waals surface area contributed by atoms with Gasteiger partial charge in [-0.25, -0.2) is 4.98 Å². The predicted molar refractivity (Wildman–Crippen MR) is 124 cm³/mol. The first-order valence-corrected chi connectivity index (χ1v) is 10.3. The number of halogens is 1. The topological polar surface area (TPSA) is 59.0 Å². The average molecular weight is 510 g/mol. The van der Waals surface area contributed by atoms with Gasteiger partial charge in [0, 0.05) is 56.9 Å². The molecule has 1 fully saturated rings. The summed E-state index contributed by atoms with van der Waals surface area (Å²) in [7, 11) is 3.55.